The van der Waals surface area contributed by atoms with Crippen LogP contribution in [0.2, 0.25) is 0 Å². The summed E-state index contributed by atoms with van der Waals surface area (Å²) in [4.78, 5) is 18.6. The van der Waals surface area contributed by atoms with Gasteiger partial charge in [0, 0.05) is 17.2 Å². The fraction of sp³-hybridized carbons (Fsp3) is 0.333. The van der Waals surface area contributed by atoms with Gasteiger partial charge in [0.25, 0.3) is 5.56 Å². The van der Waals surface area contributed by atoms with E-state index in [2.05, 4.69) is 24.2 Å². The zero-order chi connectivity index (χ0) is 12.6. The van der Waals surface area contributed by atoms with Gasteiger partial charge < -0.3 is 0 Å². The van der Waals surface area contributed by atoms with Gasteiger partial charge in [-0.3, -0.25) is 9.36 Å². The van der Waals surface area contributed by atoms with Crippen molar-refractivity contribution in [2.45, 2.75) is 20.4 Å². The summed E-state index contributed by atoms with van der Waals surface area (Å²) in [6.45, 7) is 8.32. The molecule has 0 unspecified atom stereocenters. The van der Waals surface area contributed by atoms with Gasteiger partial charge >= 0.3 is 0 Å². The van der Waals surface area contributed by atoms with Crippen LogP contribution in [0.25, 0.3) is 10.2 Å². The summed E-state index contributed by atoms with van der Waals surface area (Å²) in [5.41, 5.74) is 1.95. The first-order valence-electron chi connectivity index (χ1n) is 5.27. The summed E-state index contributed by atoms with van der Waals surface area (Å²) in [5.74, 6) is 0.576. The van der Waals surface area contributed by atoms with Crippen LogP contribution in [0.5, 0.6) is 0 Å². The van der Waals surface area contributed by atoms with Gasteiger partial charge in [0.05, 0.1) is 11.7 Å². The minimum atomic E-state index is 0.0137. The van der Waals surface area contributed by atoms with Gasteiger partial charge in [-0.1, -0.05) is 6.58 Å². The van der Waals surface area contributed by atoms with Crippen molar-refractivity contribution in [2.24, 2.45) is 0 Å². The number of thiol groups is 1. The van der Waals surface area contributed by atoms with E-state index in [-0.39, 0.29) is 5.56 Å². The summed E-state index contributed by atoms with van der Waals surface area (Å²) in [6, 6.07) is 0. The molecule has 0 aromatic carbocycles. The van der Waals surface area contributed by atoms with E-state index in [1.807, 2.05) is 13.8 Å². The van der Waals surface area contributed by atoms with Gasteiger partial charge in [-0.05, 0) is 25.0 Å². The van der Waals surface area contributed by atoms with Crippen LogP contribution < -0.4 is 5.56 Å². The molecule has 0 aliphatic heterocycles. The van der Waals surface area contributed by atoms with Crippen molar-refractivity contribution in [3.8, 4) is 0 Å². The predicted molar refractivity (Wildman–Crippen MR) is 76.3 cm³/mol. The Bertz CT molecular complexity index is 640. The highest BCUT2D eigenvalue weighted by atomic mass is 32.1. The van der Waals surface area contributed by atoms with Crippen LogP contribution >= 0.6 is 24.0 Å². The molecule has 0 aliphatic carbocycles. The standard InChI is InChI=1S/C12H14N2OS2/c1-7(5-16)4-14-6-13-11-10(12(14)15)8(2)9(3)17-11/h6,16H,1,4-5H2,2-3H3. The highest BCUT2D eigenvalue weighted by molar-refractivity contribution is 7.80. The Balaban J connectivity index is 2.61. The molecule has 0 fully saturated rings. The molecule has 0 saturated heterocycles. The summed E-state index contributed by atoms with van der Waals surface area (Å²) < 4.78 is 1.60. The number of fused-ring (bicyclic) bond motifs is 1. The van der Waals surface area contributed by atoms with Gasteiger partial charge in [0.1, 0.15) is 4.83 Å². The normalized spacial score (nSPS) is 11.0. The van der Waals surface area contributed by atoms with Gasteiger partial charge in [-0.15, -0.1) is 11.3 Å². The lowest BCUT2D eigenvalue weighted by molar-refractivity contribution is 0.741. The van der Waals surface area contributed by atoms with Crippen LogP contribution in [0.15, 0.2) is 23.3 Å². The number of hydrogen-bond donors (Lipinski definition) is 1. The SMILES string of the molecule is C=C(CS)Cn1cnc2sc(C)c(C)c2c1=O. The lowest BCUT2D eigenvalue weighted by Gasteiger charge is -2.05. The number of aryl methyl sites for hydroxylation is 2. The van der Waals surface area contributed by atoms with E-state index in [1.54, 1.807) is 22.2 Å². The summed E-state index contributed by atoms with van der Waals surface area (Å²) in [6.07, 6.45) is 1.59. The highest BCUT2D eigenvalue weighted by Crippen LogP contribution is 2.25. The minimum absolute atomic E-state index is 0.0137. The van der Waals surface area contributed by atoms with Crippen molar-refractivity contribution in [1.82, 2.24) is 9.55 Å². The second kappa shape index (κ2) is 4.66. The van der Waals surface area contributed by atoms with E-state index in [0.29, 0.717) is 12.3 Å². The van der Waals surface area contributed by atoms with Crippen LogP contribution in [0.3, 0.4) is 0 Å². The van der Waals surface area contributed by atoms with Crippen LogP contribution in [-0.2, 0) is 6.54 Å². The largest absolute Gasteiger partial charge is 0.294 e. The van der Waals surface area contributed by atoms with Crippen LogP contribution in [-0.4, -0.2) is 15.3 Å². The Labute approximate surface area is 109 Å². The van der Waals surface area contributed by atoms with Gasteiger partial charge in [-0.2, -0.15) is 12.6 Å². The molecule has 0 N–H and O–H groups in total. The molecule has 0 aliphatic rings. The molecule has 5 heteroatoms. The smallest absolute Gasteiger partial charge is 0.262 e. The molecule has 3 nitrogen and oxygen atoms in total. The molecule has 17 heavy (non-hydrogen) atoms. The zero-order valence-corrected chi connectivity index (χ0v) is 11.6. The van der Waals surface area contributed by atoms with E-state index >= 15 is 0 Å². The Morgan fingerprint density at radius 2 is 2.29 bits per heavy atom. The summed E-state index contributed by atoms with van der Waals surface area (Å²) >= 11 is 5.71. The van der Waals surface area contributed by atoms with E-state index in [9.17, 15) is 4.79 Å². The molecule has 0 saturated carbocycles. The topological polar surface area (TPSA) is 34.9 Å². The number of thiophene rings is 1. The van der Waals surface area contributed by atoms with Crippen molar-refractivity contribution in [1.29, 1.82) is 0 Å². The molecule has 0 spiro atoms. The number of rotatable bonds is 3. The van der Waals surface area contributed by atoms with Crippen molar-refractivity contribution in [3.63, 3.8) is 0 Å². The van der Waals surface area contributed by atoms with E-state index in [1.165, 1.54) is 0 Å². The number of hydrogen-bond acceptors (Lipinski definition) is 4. The molecule has 2 aromatic heterocycles. The van der Waals surface area contributed by atoms with E-state index in [0.717, 1.165) is 26.2 Å². The lowest BCUT2D eigenvalue weighted by Crippen LogP contribution is -2.21. The maximum absolute atomic E-state index is 12.3. The van der Waals surface area contributed by atoms with E-state index in [4.69, 9.17) is 0 Å². The van der Waals surface area contributed by atoms with Crippen molar-refractivity contribution in [3.05, 3.63) is 39.3 Å². The fourth-order valence-corrected chi connectivity index (χ4v) is 2.76. The molecule has 2 aromatic rings. The molecule has 0 bridgehead atoms. The average Bonchev–Trinajstić information content (AvgIpc) is 2.59. The van der Waals surface area contributed by atoms with Crippen LogP contribution in [0.1, 0.15) is 10.4 Å². The van der Waals surface area contributed by atoms with Crippen molar-refractivity contribution >= 4 is 34.2 Å². The number of aromatic nitrogens is 2. The van der Waals surface area contributed by atoms with Crippen LogP contribution in [0, 0.1) is 13.8 Å². The first-order chi connectivity index (χ1) is 8.04. The summed E-state index contributed by atoms with van der Waals surface area (Å²) in [5, 5.41) is 0.738. The first-order valence-corrected chi connectivity index (χ1v) is 6.72. The van der Waals surface area contributed by atoms with Crippen molar-refractivity contribution < 1.29 is 0 Å². The molecule has 0 amide bonds. The molecular weight excluding hydrogens is 252 g/mol. The molecule has 2 heterocycles. The zero-order valence-electron chi connectivity index (χ0n) is 9.86. The summed E-state index contributed by atoms with van der Waals surface area (Å²) in [7, 11) is 0. The quantitative estimate of drug-likeness (QED) is 0.684. The Hall–Kier alpha value is -1.07. The van der Waals surface area contributed by atoms with Crippen molar-refractivity contribution in [2.75, 3.05) is 5.75 Å². The van der Waals surface area contributed by atoms with E-state index < -0.39 is 0 Å². The van der Waals surface area contributed by atoms with Gasteiger partial charge in [0.15, 0.2) is 0 Å². The lowest BCUT2D eigenvalue weighted by atomic mass is 10.2. The minimum Gasteiger partial charge on any atom is -0.294 e. The predicted octanol–water partition coefficient (Wildman–Crippen LogP) is 2.56. The monoisotopic (exact) mass is 266 g/mol. The van der Waals surface area contributed by atoms with Gasteiger partial charge in [0.2, 0.25) is 0 Å². The van der Waals surface area contributed by atoms with Crippen LogP contribution in [0.4, 0.5) is 0 Å². The first kappa shape index (κ1) is 12.4. The fourth-order valence-electron chi connectivity index (χ4n) is 1.67. The molecule has 0 radical (unpaired) electrons. The molecule has 0 atom stereocenters. The molecule has 2 rings (SSSR count). The highest BCUT2D eigenvalue weighted by Gasteiger charge is 2.11. The number of nitrogens with zero attached hydrogens (tertiary/aromatic N) is 2. The van der Waals surface area contributed by atoms with Gasteiger partial charge in [-0.25, -0.2) is 4.98 Å². The Morgan fingerprint density at radius 3 is 2.94 bits per heavy atom. The second-order valence-electron chi connectivity index (χ2n) is 4.05. The average molecular weight is 266 g/mol. The Kier molecular flexibility index (Phi) is 3.40. The second-order valence-corrected chi connectivity index (χ2v) is 5.57. The molecule has 90 valence electrons. The third-order valence-electron chi connectivity index (χ3n) is 2.77. The Morgan fingerprint density at radius 1 is 1.59 bits per heavy atom. The third kappa shape index (κ3) is 2.17. The maximum atomic E-state index is 12.3. The third-order valence-corrected chi connectivity index (χ3v) is 4.34. The molecular formula is C12H14N2OS2. The maximum Gasteiger partial charge on any atom is 0.262 e.